The highest BCUT2D eigenvalue weighted by molar-refractivity contribution is 5.69. The summed E-state index contributed by atoms with van der Waals surface area (Å²) < 4.78 is 24.2. The van der Waals surface area contributed by atoms with Gasteiger partial charge in [-0.15, -0.1) is 0 Å². The predicted octanol–water partition coefficient (Wildman–Crippen LogP) is 3.65. The molecule has 1 aromatic rings. The molecule has 1 aliphatic heterocycles. The molecule has 1 fully saturated rings. The second-order valence-corrected chi connectivity index (χ2v) is 7.57. The number of alkyl halides is 1. The molecule has 7 heteroatoms. The monoisotopic (exact) mass is 366 g/mol. The third-order valence-corrected chi connectivity index (χ3v) is 4.21. The van der Waals surface area contributed by atoms with E-state index >= 15 is 0 Å². The number of likely N-dealkylation sites (tertiary alicyclic amines) is 1. The van der Waals surface area contributed by atoms with E-state index in [0.29, 0.717) is 25.9 Å². The van der Waals surface area contributed by atoms with E-state index in [0.717, 1.165) is 5.56 Å². The Balaban J connectivity index is 1.84. The Morgan fingerprint density at radius 3 is 2.35 bits per heavy atom. The van der Waals surface area contributed by atoms with Gasteiger partial charge in [0.2, 0.25) is 0 Å². The smallest absolute Gasteiger partial charge is 0.410 e. The number of hydrogen-bond donors (Lipinski definition) is 1. The van der Waals surface area contributed by atoms with Gasteiger partial charge in [0.25, 0.3) is 0 Å². The van der Waals surface area contributed by atoms with Crippen molar-refractivity contribution >= 4 is 12.2 Å². The van der Waals surface area contributed by atoms with Crippen molar-refractivity contribution in [1.82, 2.24) is 10.2 Å². The fourth-order valence-electron chi connectivity index (χ4n) is 2.71. The van der Waals surface area contributed by atoms with E-state index < -0.39 is 30.0 Å². The summed E-state index contributed by atoms with van der Waals surface area (Å²) in [4.78, 5) is 25.7. The molecule has 1 heterocycles. The Kier molecular flexibility index (Phi) is 6.45. The number of carbonyl (C=O) groups excluding carboxylic acids is 2. The van der Waals surface area contributed by atoms with Gasteiger partial charge in [0.05, 0.1) is 5.54 Å². The number of piperidine rings is 1. The van der Waals surface area contributed by atoms with Crippen LogP contribution in [-0.2, 0) is 16.1 Å². The molecule has 0 saturated carbocycles. The number of hydrogen-bond acceptors (Lipinski definition) is 4. The van der Waals surface area contributed by atoms with Crippen LogP contribution in [0.25, 0.3) is 0 Å². The van der Waals surface area contributed by atoms with Gasteiger partial charge in [0.1, 0.15) is 18.9 Å². The fourth-order valence-corrected chi connectivity index (χ4v) is 2.71. The summed E-state index contributed by atoms with van der Waals surface area (Å²) >= 11 is 0. The van der Waals surface area contributed by atoms with Crippen LogP contribution in [0.2, 0.25) is 0 Å². The molecule has 0 aliphatic carbocycles. The van der Waals surface area contributed by atoms with Gasteiger partial charge in [-0.1, -0.05) is 30.3 Å². The van der Waals surface area contributed by atoms with Gasteiger partial charge in [0, 0.05) is 13.1 Å². The molecule has 144 valence electrons. The first kappa shape index (κ1) is 20.0. The van der Waals surface area contributed by atoms with Gasteiger partial charge in [-0.05, 0) is 39.2 Å². The molecule has 0 atom stereocenters. The maximum Gasteiger partial charge on any atom is 0.410 e. The minimum atomic E-state index is -1.01. The molecule has 1 aliphatic rings. The second-order valence-electron chi connectivity index (χ2n) is 7.57. The van der Waals surface area contributed by atoms with E-state index in [4.69, 9.17) is 9.47 Å². The summed E-state index contributed by atoms with van der Waals surface area (Å²) in [6, 6.07) is 9.27. The number of rotatable bonds is 4. The first-order valence-corrected chi connectivity index (χ1v) is 8.76. The van der Waals surface area contributed by atoms with Crippen molar-refractivity contribution in [2.45, 2.75) is 51.4 Å². The van der Waals surface area contributed by atoms with Crippen molar-refractivity contribution in [3.63, 3.8) is 0 Å². The molecule has 0 spiro atoms. The van der Waals surface area contributed by atoms with E-state index in [-0.39, 0.29) is 6.61 Å². The highest BCUT2D eigenvalue weighted by atomic mass is 19.1. The van der Waals surface area contributed by atoms with Crippen LogP contribution in [0.15, 0.2) is 30.3 Å². The molecule has 0 bridgehead atoms. The fraction of sp³-hybridized carbons (Fsp3) is 0.579. The molecule has 0 unspecified atom stereocenters. The Hall–Kier alpha value is -2.31. The van der Waals surface area contributed by atoms with Gasteiger partial charge in [-0.3, -0.25) is 0 Å². The molecular formula is C19H27FN2O4. The standard InChI is InChI=1S/C19H27FN2O4/c1-18(2,3)26-17(24)22-11-9-19(14-20,10-12-22)21-16(23)25-13-15-7-5-4-6-8-15/h4-8H,9-14H2,1-3H3,(H,21,23). The van der Waals surface area contributed by atoms with Crippen molar-refractivity contribution in [3.8, 4) is 0 Å². The van der Waals surface area contributed by atoms with Gasteiger partial charge in [0.15, 0.2) is 0 Å². The quantitative estimate of drug-likeness (QED) is 0.883. The first-order valence-electron chi connectivity index (χ1n) is 8.76. The van der Waals surface area contributed by atoms with Crippen LogP contribution in [0.3, 0.4) is 0 Å². The Bertz CT molecular complexity index is 608. The lowest BCUT2D eigenvalue weighted by molar-refractivity contribution is 0.0126. The number of nitrogens with zero attached hydrogens (tertiary/aromatic N) is 1. The van der Waals surface area contributed by atoms with Crippen LogP contribution in [0, 0.1) is 0 Å². The molecule has 6 nitrogen and oxygen atoms in total. The molecule has 1 saturated heterocycles. The summed E-state index contributed by atoms with van der Waals surface area (Å²) in [5.41, 5.74) is -0.728. The van der Waals surface area contributed by atoms with E-state index in [9.17, 15) is 14.0 Å². The maximum atomic E-state index is 13.7. The van der Waals surface area contributed by atoms with Crippen molar-refractivity contribution in [3.05, 3.63) is 35.9 Å². The SMILES string of the molecule is CC(C)(C)OC(=O)N1CCC(CF)(NC(=O)OCc2ccccc2)CC1. The molecule has 26 heavy (non-hydrogen) atoms. The summed E-state index contributed by atoms with van der Waals surface area (Å²) in [7, 11) is 0. The van der Waals surface area contributed by atoms with E-state index in [2.05, 4.69) is 5.32 Å². The summed E-state index contributed by atoms with van der Waals surface area (Å²) in [5.74, 6) is 0. The largest absolute Gasteiger partial charge is 0.445 e. The number of nitrogens with one attached hydrogen (secondary N) is 1. The van der Waals surface area contributed by atoms with Crippen LogP contribution in [-0.4, -0.2) is 48.0 Å². The molecule has 2 amide bonds. The molecular weight excluding hydrogens is 339 g/mol. The zero-order chi connectivity index (χ0) is 19.2. The molecule has 0 aromatic heterocycles. The number of halogens is 1. The topological polar surface area (TPSA) is 67.9 Å². The minimum absolute atomic E-state index is 0.124. The van der Waals surface area contributed by atoms with Crippen LogP contribution in [0.4, 0.5) is 14.0 Å². The first-order chi connectivity index (χ1) is 12.2. The third kappa shape index (κ3) is 5.89. The Morgan fingerprint density at radius 2 is 1.81 bits per heavy atom. The maximum absolute atomic E-state index is 13.7. The predicted molar refractivity (Wildman–Crippen MR) is 95.5 cm³/mol. The summed E-state index contributed by atoms with van der Waals surface area (Å²) in [6.07, 6.45) is -0.458. The van der Waals surface area contributed by atoms with Crippen LogP contribution < -0.4 is 5.32 Å². The average molecular weight is 366 g/mol. The van der Waals surface area contributed by atoms with Crippen LogP contribution in [0.5, 0.6) is 0 Å². The lowest BCUT2D eigenvalue weighted by atomic mass is 9.89. The minimum Gasteiger partial charge on any atom is -0.445 e. The molecule has 0 radical (unpaired) electrons. The molecule has 1 aromatic carbocycles. The highest BCUT2D eigenvalue weighted by Crippen LogP contribution is 2.24. The number of benzene rings is 1. The van der Waals surface area contributed by atoms with Gasteiger partial charge < -0.3 is 19.7 Å². The number of ether oxygens (including phenoxy) is 2. The molecule has 1 N–H and O–H groups in total. The normalized spacial score (nSPS) is 16.7. The van der Waals surface area contributed by atoms with Gasteiger partial charge in [-0.25, -0.2) is 14.0 Å². The second kappa shape index (κ2) is 8.38. The average Bonchev–Trinajstić information content (AvgIpc) is 2.60. The van der Waals surface area contributed by atoms with Crippen molar-refractivity contribution in [1.29, 1.82) is 0 Å². The van der Waals surface area contributed by atoms with Crippen molar-refractivity contribution in [2.24, 2.45) is 0 Å². The Labute approximate surface area is 153 Å². The van der Waals surface area contributed by atoms with Crippen LogP contribution in [0.1, 0.15) is 39.2 Å². The van der Waals surface area contributed by atoms with E-state index in [1.54, 1.807) is 20.8 Å². The number of carbonyl (C=O) groups is 2. The lowest BCUT2D eigenvalue weighted by Gasteiger charge is -2.40. The highest BCUT2D eigenvalue weighted by Gasteiger charge is 2.39. The number of alkyl carbamates (subject to hydrolysis) is 1. The van der Waals surface area contributed by atoms with E-state index in [1.807, 2.05) is 30.3 Å². The van der Waals surface area contributed by atoms with Crippen LogP contribution >= 0.6 is 0 Å². The zero-order valence-corrected chi connectivity index (χ0v) is 15.6. The zero-order valence-electron chi connectivity index (χ0n) is 15.6. The third-order valence-electron chi connectivity index (χ3n) is 4.21. The number of amides is 2. The Morgan fingerprint density at radius 1 is 1.19 bits per heavy atom. The summed E-state index contributed by atoms with van der Waals surface area (Å²) in [6.45, 7) is 5.44. The summed E-state index contributed by atoms with van der Waals surface area (Å²) in [5, 5.41) is 2.65. The van der Waals surface area contributed by atoms with Gasteiger partial charge in [-0.2, -0.15) is 0 Å². The van der Waals surface area contributed by atoms with Gasteiger partial charge >= 0.3 is 12.2 Å². The lowest BCUT2D eigenvalue weighted by Crippen LogP contribution is -2.58. The van der Waals surface area contributed by atoms with Crippen molar-refractivity contribution in [2.75, 3.05) is 19.8 Å². The molecule has 2 rings (SSSR count). The van der Waals surface area contributed by atoms with E-state index in [1.165, 1.54) is 4.90 Å². The van der Waals surface area contributed by atoms with Crippen molar-refractivity contribution < 1.29 is 23.5 Å².